The summed E-state index contributed by atoms with van der Waals surface area (Å²) in [6.45, 7) is 9.42. The third-order valence-corrected chi connectivity index (χ3v) is 5.49. The van der Waals surface area contributed by atoms with E-state index in [2.05, 4.69) is 34.0 Å². The minimum atomic E-state index is -0.0508. The van der Waals surface area contributed by atoms with Crippen molar-refractivity contribution in [3.63, 3.8) is 0 Å². The van der Waals surface area contributed by atoms with Crippen LogP contribution in [0.4, 0.5) is 0 Å². The third-order valence-electron chi connectivity index (χ3n) is 4.71. The maximum atomic E-state index is 12.4. The Morgan fingerprint density at radius 1 is 1.58 bits per heavy atom. The summed E-state index contributed by atoms with van der Waals surface area (Å²) in [5.74, 6) is 0.703. The fourth-order valence-corrected chi connectivity index (χ4v) is 3.88. The molecule has 2 aromatic rings. The van der Waals surface area contributed by atoms with Crippen LogP contribution < -0.4 is 5.32 Å². The lowest BCUT2D eigenvalue weighted by atomic mass is 9.99. The van der Waals surface area contributed by atoms with Gasteiger partial charge in [-0.1, -0.05) is 6.92 Å². The van der Waals surface area contributed by atoms with Crippen LogP contribution in [0.25, 0.3) is 11.3 Å². The molecule has 1 aliphatic rings. The molecular weight excluding hydrogens is 320 g/mol. The number of amides is 1. The number of piperidine rings is 1. The molecule has 130 valence electrons. The van der Waals surface area contributed by atoms with Crippen LogP contribution in [0.15, 0.2) is 17.6 Å². The number of likely N-dealkylation sites (tertiary alicyclic amines) is 1. The molecule has 1 fully saturated rings. The Labute approximate surface area is 147 Å². The summed E-state index contributed by atoms with van der Waals surface area (Å²) in [7, 11) is 0. The van der Waals surface area contributed by atoms with E-state index >= 15 is 0 Å². The van der Waals surface area contributed by atoms with Gasteiger partial charge in [0.05, 0.1) is 10.7 Å². The van der Waals surface area contributed by atoms with Gasteiger partial charge in [-0.15, -0.1) is 11.3 Å². The molecule has 0 saturated carbocycles. The van der Waals surface area contributed by atoms with E-state index in [1.807, 2.05) is 24.6 Å². The first-order valence-corrected chi connectivity index (χ1v) is 9.54. The number of hydrogen-bond donors (Lipinski definition) is 2. The minimum absolute atomic E-state index is 0.0508. The lowest BCUT2D eigenvalue weighted by Gasteiger charge is -2.35. The summed E-state index contributed by atoms with van der Waals surface area (Å²) in [5, 5.41) is 6.09. The van der Waals surface area contributed by atoms with Crippen molar-refractivity contribution < 1.29 is 4.79 Å². The number of rotatable bonds is 5. The van der Waals surface area contributed by atoms with E-state index in [1.54, 1.807) is 11.3 Å². The number of carbonyl (C=O) groups excluding carboxylic acids is 1. The molecule has 1 aliphatic heterocycles. The van der Waals surface area contributed by atoms with E-state index in [0.717, 1.165) is 35.3 Å². The fraction of sp³-hybridized carbons (Fsp3) is 0.556. The maximum absolute atomic E-state index is 12.4. The van der Waals surface area contributed by atoms with Crippen LogP contribution in [-0.2, 0) is 0 Å². The molecular formula is C18H26N4OS. The molecule has 5 nitrogen and oxygen atoms in total. The average Bonchev–Trinajstić information content (AvgIpc) is 3.21. The predicted octanol–water partition coefficient (Wildman–Crippen LogP) is 3.30. The van der Waals surface area contributed by atoms with E-state index in [-0.39, 0.29) is 5.91 Å². The largest absolute Gasteiger partial charge is 0.357 e. The zero-order valence-electron chi connectivity index (χ0n) is 14.6. The van der Waals surface area contributed by atoms with Crippen LogP contribution in [0.3, 0.4) is 0 Å². The van der Waals surface area contributed by atoms with Crippen molar-refractivity contribution in [1.82, 2.24) is 20.2 Å². The molecule has 0 spiro atoms. The Hall–Kier alpha value is -1.66. The summed E-state index contributed by atoms with van der Waals surface area (Å²) >= 11 is 1.62. The van der Waals surface area contributed by atoms with Gasteiger partial charge in [-0.3, -0.25) is 9.69 Å². The van der Waals surface area contributed by atoms with Crippen molar-refractivity contribution >= 4 is 17.2 Å². The van der Waals surface area contributed by atoms with Gasteiger partial charge in [-0.25, -0.2) is 4.98 Å². The molecule has 0 unspecified atom stereocenters. The molecule has 0 bridgehead atoms. The van der Waals surface area contributed by atoms with Crippen molar-refractivity contribution in [2.75, 3.05) is 19.6 Å². The molecule has 2 N–H and O–H groups in total. The summed E-state index contributed by atoms with van der Waals surface area (Å²) < 4.78 is 0. The summed E-state index contributed by atoms with van der Waals surface area (Å²) in [5.41, 5.74) is 2.47. The van der Waals surface area contributed by atoms with E-state index in [9.17, 15) is 4.79 Å². The SMILES string of the molecule is Cc1nc(-c2c[nH]c(C(=O)NC[C@@H](C)N3CCC[C@@H](C)C3)c2)cs1. The van der Waals surface area contributed by atoms with E-state index in [4.69, 9.17) is 0 Å². The van der Waals surface area contributed by atoms with Gasteiger partial charge >= 0.3 is 0 Å². The molecule has 2 atom stereocenters. The summed E-state index contributed by atoms with van der Waals surface area (Å²) in [6.07, 6.45) is 4.42. The highest BCUT2D eigenvalue weighted by Crippen LogP contribution is 2.22. The normalized spacial score (nSPS) is 20.0. The first-order chi connectivity index (χ1) is 11.5. The van der Waals surface area contributed by atoms with E-state index in [0.29, 0.717) is 18.3 Å². The van der Waals surface area contributed by atoms with Gasteiger partial charge in [-0.05, 0) is 45.2 Å². The smallest absolute Gasteiger partial charge is 0.267 e. The summed E-state index contributed by atoms with van der Waals surface area (Å²) in [4.78, 5) is 22.4. The van der Waals surface area contributed by atoms with Crippen LogP contribution in [0.1, 0.15) is 42.2 Å². The fourth-order valence-electron chi connectivity index (χ4n) is 3.26. The van der Waals surface area contributed by atoms with E-state index in [1.165, 1.54) is 12.8 Å². The molecule has 1 amide bonds. The number of carbonyl (C=O) groups is 1. The third kappa shape index (κ3) is 4.05. The number of hydrogen-bond acceptors (Lipinski definition) is 4. The van der Waals surface area contributed by atoms with Crippen LogP contribution in [0.5, 0.6) is 0 Å². The highest BCUT2D eigenvalue weighted by Gasteiger charge is 2.21. The molecule has 24 heavy (non-hydrogen) atoms. The zero-order valence-corrected chi connectivity index (χ0v) is 15.4. The number of aromatic nitrogens is 2. The molecule has 6 heteroatoms. The lowest BCUT2D eigenvalue weighted by Crippen LogP contribution is -2.46. The molecule has 0 radical (unpaired) electrons. The van der Waals surface area contributed by atoms with Crippen molar-refractivity contribution in [2.45, 2.75) is 39.7 Å². The lowest BCUT2D eigenvalue weighted by molar-refractivity contribution is 0.0913. The Kier molecular flexibility index (Phi) is 5.36. The number of H-pyrrole nitrogens is 1. The second-order valence-corrected chi connectivity index (χ2v) is 7.92. The minimum Gasteiger partial charge on any atom is -0.357 e. The Balaban J connectivity index is 1.54. The molecule has 3 heterocycles. The maximum Gasteiger partial charge on any atom is 0.267 e. The van der Waals surface area contributed by atoms with Gasteiger partial charge in [-0.2, -0.15) is 0 Å². The first-order valence-electron chi connectivity index (χ1n) is 8.66. The number of thiazole rings is 1. The van der Waals surface area contributed by atoms with Gasteiger partial charge in [0.2, 0.25) is 0 Å². The molecule has 2 aromatic heterocycles. The quantitative estimate of drug-likeness (QED) is 0.873. The van der Waals surface area contributed by atoms with Crippen molar-refractivity contribution in [1.29, 1.82) is 0 Å². The van der Waals surface area contributed by atoms with Gasteiger partial charge in [0.1, 0.15) is 5.69 Å². The average molecular weight is 346 g/mol. The monoisotopic (exact) mass is 346 g/mol. The van der Waals surface area contributed by atoms with Crippen molar-refractivity contribution in [3.05, 3.63) is 28.3 Å². The highest BCUT2D eigenvalue weighted by atomic mass is 32.1. The van der Waals surface area contributed by atoms with Gasteiger partial charge in [0, 0.05) is 36.3 Å². The predicted molar refractivity (Wildman–Crippen MR) is 98.4 cm³/mol. The van der Waals surface area contributed by atoms with Crippen LogP contribution in [-0.4, -0.2) is 46.5 Å². The summed E-state index contributed by atoms with van der Waals surface area (Å²) in [6, 6.07) is 2.24. The molecule has 0 aliphatic carbocycles. The van der Waals surface area contributed by atoms with Crippen LogP contribution >= 0.6 is 11.3 Å². The number of aryl methyl sites for hydroxylation is 1. The second-order valence-electron chi connectivity index (χ2n) is 6.86. The van der Waals surface area contributed by atoms with Crippen molar-refractivity contribution in [2.24, 2.45) is 5.92 Å². The Morgan fingerprint density at radius 3 is 3.12 bits per heavy atom. The number of nitrogens with zero attached hydrogens (tertiary/aromatic N) is 2. The Morgan fingerprint density at radius 2 is 2.42 bits per heavy atom. The van der Waals surface area contributed by atoms with Gasteiger partial charge in [0.25, 0.3) is 5.91 Å². The number of aromatic amines is 1. The standard InChI is InChI=1S/C18H26N4OS/c1-12-5-4-6-22(10-12)13(2)8-20-18(23)16-7-15(9-19-16)17-11-24-14(3)21-17/h7,9,11-13,19H,4-6,8,10H2,1-3H3,(H,20,23)/t12-,13-/m1/s1. The molecule has 1 saturated heterocycles. The van der Waals surface area contributed by atoms with E-state index < -0.39 is 0 Å². The van der Waals surface area contributed by atoms with Crippen molar-refractivity contribution in [3.8, 4) is 11.3 Å². The van der Waals surface area contributed by atoms with Crippen LogP contribution in [0.2, 0.25) is 0 Å². The molecule has 3 rings (SSSR count). The van der Waals surface area contributed by atoms with Crippen LogP contribution in [0, 0.1) is 12.8 Å². The molecule has 0 aromatic carbocycles. The first kappa shape index (κ1) is 17.2. The van der Waals surface area contributed by atoms with Gasteiger partial charge in [0.15, 0.2) is 0 Å². The number of nitrogens with one attached hydrogen (secondary N) is 2. The Bertz CT molecular complexity index is 693. The second kappa shape index (κ2) is 7.49. The van der Waals surface area contributed by atoms with Gasteiger partial charge < -0.3 is 10.3 Å². The zero-order chi connectivity index (χ0) is 17.1. The highest BCUT2D eigenvalue weighted by molar-refractivity contribution is 7.09. The topological polar surface area (TPSA) is 61.0 Å².